The van der Waals surface area contributed by atoms with Crippen molar-refractivity contribution >= 4 is 39.1 Å². The van der Waals surface area contributed by atoms with Crippen LogP contribution in [0.15, 0.2) is 46.9 Å². The number of ether oxygens (including phenoxy) is 1. The number of methoxy groups -OCH3 is 1. The Balaban J connectivity index is 2.06. The molecule has 0 atom stereocenters. The van der Waals surface area contributed by atoms with Crippen LogP contribution in [0.1, 0.15) is 5.56 Å². The number of para-hydroxylation sites is 2. The smallest absolute Gasteiger partial charge is 0.314 e. The van der Waals surface area contributed by atoms with Gasteiger partial charge in [0.1, 0.15) is 5.75 Å². The van der Waals surface area contributed by atoms with Crippen molar-refractivity contribution in [3.8, 4) is 5.75 Å². The zero-order valence-electron chi connectivity index (χ0n) is 12.1. The minimum Gasteiger partial charge on any atom is -0.495 e. The molecule has 0 aliphatic rings. The van der Waals surface area contributed by atoms with Gasteiger partial charge in [-0.2, -0.15) is 0 Å². The summed E-state index contributed by atoms with van der Waals surface area (Å²) in [4.78, 5) is 23.9. The molecule has 0 saturated heterocycles. The van der Waals surface area contributed by atoms with Gasteiger partial charge in [0, 0.05) is 10.2 Å². The number of anilines is 2. The quantitative estimate of drug-likeness (QED) is 0.822. The molecule has 0 radical (unpaired) electrons. The molecule has 2 N–H and O–H groups in total. The van der Waals surface area contributed by atoms with E-state index in [-0.39, 0.29) is 0 Å². The molecule has 22 heavy (non-hydrogen) atoms. The topological polar surface area (TPSA) is 67.4 Å². The van der Waals surface area contributed by atoms with E-state index >= 15 is 0 Å². The van der Waals surface area contributed by atoms with E-state index in [1.807, 2.05) is 13.0 Å². The number of rotatable bonds is 3. The molecule has 2 aromatic rings. The number of aryl methyl sites for hydroxylation is 1. The van der Waals surface area contributed by atoms with Gasteiger partial charge >= 0.3 is 11.8 Å². The molecule has 5 nitrogen and oxygen atoms in total. The number of amides is 2. The standard InChI is InChI=1S/C16H15BrN2O3/c1-10-7-8-11(9-12(10)17)18-15(20)16(21)19-13-5-3-4-6-14(13)22-2/h3-9H,1-2H3,(H,18,20)(H,19,21). The van der Waals surface area contributed by atoms with E-state index in [1.165, 1.54) is 7.11 Å². The summed E-state index contributed by atoms with van der Waals surface area (Å²) in [6.07, 6.45) is 0. The Kier molecular flexibility index (Phi) is 5.16. The number of carbonyl (C=O) groups is 2. The van der Waals surface area contributed by atoms with Crippen LogP contribution in [0.25, 0.3) is 0 Å². The highest BCUT2D eigenvalue weighted by atomic mass is 79.9. The lowest BCUT2D eigenvalue weighted by molar-refractivity contribution is -0.133. The zero-order chi connectivity index (χ0) is 16.1. The number of hydrogen-bond donors (Lipinski definition) is 2. The Hall–Kier alpha value is -2.34. The molecule has 0 aromatic heterocycles. The van der Waals surface area contributed by atoms with E-state index in [0.717, 1.165) is 10.0 Å². The van der Waals surface area contributed by atoms with E-state index in [9.17, 15) is 9.59 Å². The van der Waals surface area contributed by atoms with Gasteiger partial charge in [0.25, 0.3) is 0 Å². The first kappa shape index (κ1) is 16.0. The van der Waals surface area contributed by atoms with Gasteiger partial charge in [0.05, 0.1) is 12.8 Å². The van der Waals surface area contributed by atoms with Gasteiger partial charge in [0.15, 0.2) is 0 Å². The molecule has 0 spiro atoms. The van der Waals surface area contributed by atoms with Crippen molar-refractivity contribution in [2.45, 2.75) is 6.92 Å². The number of benzene rings is 2. The van der Waals surface area contributed by atoms with Gasteiger partial charge in [-0.05, 0) is 36.8 Å². The first-order valence-electron chi connectivity index (χ1n) is 6.52. The van der Waals surface area contributed by atoms with Crippen molar-refractivity contribution in [2.75, 3.05) is 17.7 Å². The fourth-order valence-electron chi connectivity index (χ4n) is 1.79. The number of carbonyl (C=O) groups excluding carboxylic acids is 2. The van der Waals surface area contributed by atoms with E-state index in [1.54, 1.807) is 36.4 Å². The number of nitrogens with one attached hydrogen (secondary N) is 2. The summed E-state index contributed by atoms with van der Waals surface area (Å²) in [5.41, 5.74) is 2.02. The third kappa shape index (κ3) is 3.85. The van der Waals surface area contributed by atoms with Crippen molar-refractivity contribution < 1.29 is 14.3 Å². The van der Waals surface area contributed by atoms with Crippen molar-refractivity contribution in [1.29, 1.82) is 0 Å². The predicted molar refractivity (Wildman–Crippen MR) is 89.1 cm³/mol. The SMILES string of the molecule is COc1ccccc1NC(=O)C(=O)Nc1ccc(C)c(Br)c1. The van der Waals surface area contributed by atoms with Crippen LogP contribution in [-0.4, -0.2) is 18.9 Å². The van der Waals surface area contributed by atoms with E-state index in [2.05, 4.69) is 26.6 Å². The van der Waals surface area contributed by atoms with Crippen molar-refractivity contribution in [1.82, 2.24) is 0 Å². The van der Waals surface area contributed by atoms with Crippen LogP contribution in [0.4, 0.5) is 11.4 Å². The van der Waals surface area contributed by atoms with E-state index < -0.39 is 11.8 Å². The van der Waals surface area contributed by atoms with E-state index in [0.29, 0.717) is 17.1 Å². The Morgan fingerprint density at radius 2 is 1.73 bits per heavy atom. The highest BCUT2D eigenvalue weighted by Crippen LogP contribution is 2.23. The third-order valence-corrected chi connectivity index (χ3v) is 3.85. The summed E-state index contributed by atoms with van der Waals surface area (Å²) in [5.74, 6) is -1.02. The molecule has 0 aliphatic heterocycles. The Bertz CT molecular complexity index is 716. The van der Waals surface area contributed by atoms with Crippen LogP contribution in [0.5, 0.6) is 5.75 Å². The fourth-order valence-corrected chi connectivity index (χ4v) is 2.16. The fraction of sp³-hybridized carbons (Fsp3) is 0.125. The molecule has 0 fully saturated rings. The molecule has 0 saturated carbocycles. The van der Waals surface area contributed by atoms with Crippen molar-refractivity contribution in [3.05, 3.63) is 52.5 Å². The molecule has 114 valence electrons. The van der Waals surface area contributed by atoms with Crippen LogP contribution >= 0.6 is 15.9 Å². The molecule has 0 aliphatic carbocycles. The van der Waals surface area contributed by atoms with Crippen LogP contribution in [0.2, 0.25) is 0 Å². The molecular weight excluding hydrogens is 348 g/mol. The maximum atomic E-state index is 11.9. The molecule has 2 aromatic carbocycles. The van der Waals surface area contributed by atoms with Gasteiger partial charge in [-0.3, -0.25) is 9.59 Å². The van der Waals surface area contributed by atoms with Crippen LogP contribution < -0.4 is 15.4 Å². The average Bonchev–Trinajstić information content (AvgIpc) is 2.51. The highest BCUT2D eigenvalue weighted by Gasteiger charge is 2.16. The lowest BCUT2D eigenvalue weighted by Gasteiger charge is -2.10. The van der Waals surface area contributed by atoms with Crippen molar-refractivity contribution in [3.63, 3.8) is 0 Å². The number of hydrogen-bond acceptors (Lipinski definition) is 3. The summed E-state index contributed by atoms with van der Waals surface area (Å²) in [7, 11) is 1.49. The lowest BCUT2D eigenvalue weighted by atomic mass is 10.2. The Morgan fingerprint density at radius 1 is 1.05 bits per heavy atom. The Labute approximate surface area is 136 Å². The van der Waals surface area contributed by atoms with Crippen LogP contribution in [0.3, 0.4) is 0 Å². The van der Waals surface area contributed by atoms with Gasteiger partial charge in [-0.15, -0.1) is 0 Å². The summed E-state index contributed by atoms with van der Waals surface area (Å²) in [6, 6.07) is 12.2. The first-order valence-corrected chi connectivity index (χ1v) is 7.32. The minimum absolute atomic E-state index is 0.440. The zero-order valence-corrected chi connectivity index (χ0v) is 13.7. The van der Waals surface area contributed by atoms with Gasteiger partial charge in [0.2, 0.25) is 0 Å². The first-order chi connectivity index (χ1) is 10.5. The van der Waals surface area contributed by atoms with Crippen molar-refractivity contribution in [2.24, 2.45) is 0 Å². The molecule has 0 bridgehead atoms. The molecule has 2 amide bonds. The molecule has 0 unspecified atom stereocenters. The predicted octanol–water partition coefficient (Wildman–Crippen LogP) is 3.34. The van der Waals surface area contributed by atoms with Gasteiger partial charge < -0.3 is 15.4 Å². The maximum absolute atomic E-state index is 11.9. The molecule has 6 heteroatoms. The highest BCUT2D eigenvalue weighted by molar-refractivity contribution is 9.10. The lowest BCUT2D eigenvalue weighted by Crippen LogP contribution is -2.29. The van der Waals surface area contributed by atoms with Crippen LogP contribution in [0, 0.1) is 6.92 Å². The van der Waals surface area contributed by atoms with Gasteiger partial charge in [-0.1, -0.05) is 34.1 Å². The summed E-state index contributed by atoms with van der Waals surface area (Å²) in [5, 5.41) is 5.07. The molecular formula is C16H15BrN2O3. The maximum Gasteiger partial charge on any atom is 0.314 e. The van der Waals surface area contributed by atoms with Gasteiger partial charge in [-0.25, -0.2) is 0 Å². The van der Waals surface area contributed by atoms with Crippen LogP contribution in [-0.2, 0) is 9.59 Å². The average molecular weight is 363 g/mol. The molecule has 2 rings (SSSR count). The number of halogens is 1. The largest absolute Gasteiger partial charge is 0.495 e. The molecule has 0 heterocycles. The summed E-state index contributed by atoms with van der Waals surface area (Å²) >= 11 is 3.38. The Morgan fingerprint density at radius 3 is 2.41 bits per heavy atom. The second-order valence-corrected chi connectivity index (χ2v) is 5.43. The summed E-state index contributed by atoms with van der Waals surface area (Å²) in [6.45, 7) is 1.93. The monoisotopic (exact) mass is 362 g/mol. The second kappa shape index (κ2) is 7.09. The normalized spacial score (nSPS) is 9.95. The second-order valence-electron chi connectivity index (χ2n) is 4.57. The van der Waals surface area contributed by atoms with E-state index in [4.69, 9.17) is 4.74 Å². The summed E-state index contributed by atoms with van der Waals surface area (Å²) < 4.78 is 5.98. The minimum atomic E-state index is -0.763. The third-order valence-electron chi connectivity index (χ3n) is 2.99.